The highest BCUT2D eigenvalue weighted by atomic mass is 32.2. The molecule has 1 aromatic carbocycles. The van der Waals surface area contributed by atoms with Gasteiger partial charge in [-0.25, -0.2) is 12.8 Å². The Balaban J connectivity index is 1.94. The molecule has 1 aliphatic carbocycles. The standard InChI is InChI=1S/C15H18FNO4S/c16-11-3-1-4-12(9-11)22(19,20)17-7-8-21-10-14(17)13-5-2-6-15(13)18/h1,3-4,9,13-14H,2,5-8,10H2/t13-,14+/m1/s1. The first-order valence-corrected chi connectivity index (χ1v) is 8.82. The van der Waals surface area contributed by atoms with Crippen molar-refractivity contribution in [2.75, 3.05) is 19.8 Å². The Labute approximate surface area is 129 Å². The molecule has 2 atom stereocenters. The van der Waals surface area contributed by atoms with Gasteiger partial charge in [0.15, 0.2) is 0 Å². The number of carbonyl (C=O) groups is 1. The lowest BCUT2D eigenvalue weighted by atomic mass is 9.97. The van der Waals surface area contributed by atoms with Crippen LogP contribution in [0.25, 0.3) is 0 Å². The second kappa shape index (κ2) is 6.06. The number of hydrogen-bond acceptors (Lipinski definition) is 4. The summed E-state index contributed by atoms with van der Waals surface area (Å²) in [5, 5.41) is 0. The highest BCUT2D eigenvalue weighted by Crippen LogP contribution is 2.32. The molecule has 1 aromatic rings. The maximum atomic E-state index is 13.4. The van der Waals surface area contributed by atoms with Crippen molar-refractivity contribution in [1.29, 1.82) is 0 Å². The Kier molecular flexibility index (Phi) is 4.29. The summed E-state index contributed by atoms with van der Waals surface area (Å²) < 4.78 is 45.7. The van der Waals surface area contributed by atoms with Crippen molar-refractivity contribution in [2.45, 2.75) is 30.2 Å². The van der Waals surface area contributed by atoms with Crippen molar-refractivity contribution >= 4 is 15.8 Å². The summed E-state index contributed by atoms with van der Waals surface area (Å²) in [7, 11) is -3.83. The summed E-state index contributed by atoms with van der Waals surface area (Å²) in [6.07, 6.45) is 1.96. The van der Waals surface area contributed by atoms with Crippen molar-refractivity contribution in [1.82, 2.24) is 4.31 Å². The van der Waals surface area contributed by atoms with Gasteiger partial charge in [-0.3, -0.25) is 4.79 Å². The van der Waals surface area contributed by atoms with Crippen LogP contribution in [0.4, 0.5) is 4.39 Å². The van der Waals surface area contributed by atoms with E-state index >= 15 is 0 Å². The first-order valence-electron chi connectivity index (χ1n) is 7.38. The summed E-state index contributed by atoms with van der Waals surface area (Å²) in [5.41, 5.74) is 0. The summed E-state index contributed by atoms with van der Waals surface area (Å²) in [5.74, 6) is -0.818. The van der Waals surface area contributed by atoms with Crippen LogP contribution < -0.4 is 0 Å². The summed E-state index contributed by atoms with van der Waals surface area (Å²) >= 11 is 0. The minimum atomic E-state index is -3.83. The molecular formula is C15H18FNO4S. The largest absolute Gasteiger partial charge is 0.378 e. The molecule has 0 spiro atoms. The normalized spacial score (nSPS) is 27.2. The van der Waals surface area contributed by atoms with Crippen LogP contribution >= 0.6 is 0 Å². The predicted molar refractivity (Wildman–Crippen MR) is 77.2 cm³/mol. The minimum absolute atomic E-state index is 0.0788. The van der Waals surface area contributed by atoms with Gasteiger partial charge < -0.3 is 4.74 Å². The monoisotopic (exact) mass is 327 g/mol. The lowest BCUT2D eigenvalue weighted by Crippen LogP contribution is -2.52. The van der Waals surface area contributed by atoms with Crippen molar-refractivity contribution in [3.63, 3.8) is 0 Å². The molecule has 3 rings (SSSR count). The van der Waals surface area contributed by atoms with E-state index in [4.69, 9.17) is 4.74 Å². The van der Waals surface area contributed by atoms with Crippen LogP contribution in [0.15, 0.2) is 29.2 Å². The number of halogens is 1. The highest BCUT2D eigenvalue weighted by molar-refractivity contribution is 7.89. The molecule has 2 fully saturated rings. The number of hydrogen-bond donors (Lipinski definition) is 0. The van der Waals surface area contributed by atoms with Crippen LogP contribution in [-0.2, 0) is 19.6 Å². The van der Waals surface area contributed by atoms with Gasteiger partial charge in [0, 0.05) is 18.9 Å². The summed E-state index contributed by atoms with van der Waals surface area (Å²) in [4.78, 5) is 11.9. The number of nitrogens with zero attached hydrogens (tertiary/aromatic N) is 1. The van der Waals surface area contributed by atoms with Gasteiger partial charge in [-0.2, -0.15) is 4.31 Å². The van der Waals surface area contributed by atoms with Gasteiger partial charge in [0.2, 0.25) is 10.0 Å². The van der Waals surface area contributed by atoms with Crippen molar-refractivity contribution in [3.05, 3.63) is 30.1 Å². The zero-order valence-corrected chi connectivity index (χ0v) is 12.9. The van der Waals surface area contributed by atoms with E-state index in [1.54, 1.807) is 0 Å². The maximum absolute atomic E-state index is 13.4. The molecule has 22 heavy (non-hydrogen) atoms. The first kappa shape index (κ1) is 15.6. The Morgan fingerprint density at radius 3 is 2.82 bits per heavy atom. The molecule has 120 valence electrons. The Hall–Kier alpha value is -1.31. The van der Waals surface area contributed by atoms with Crippen LogP contribution in [0.3, 0.4) is 0 Å². The van der Waals surface area contributed by atoms with Crippen molar-refractivity contribution in [2.24, 2.45) is 5.92 Å². The van der Waals surface area contributed by atoms with Crippen LogP contribution in [0.1, 0.15) is 19.3 Å². The Bertz CT molecular complexity index is 676. The molecule has 0 unspecified atom stereocenters. The molecule has 1 saturated heterocycles. The third kappa shape index (κ3) is 2.80. The predicted octanol–water partition coefficient (Wildman–Crippen LogP) is 1.58. The van der Waals surface area contributed by atoms with Gasteiger partial charge in [0.1, 0.15) is 11.6 Å². The lowest BCUT2D eigenvalue weighted by Gasteiger charge is -2.37. The molecule has 1 aliphatic heterocycles. The fourth-order valence-electron chi connectivity index (χ4n) is 3.24. The number of sulfonamides is 1. The number of ether oxygens (including phenoxy) is 1. The molecule has 0 aromatic heterocycles. The number of rotatable bonds is 3. The van der Waals surface area contributed by atoms with Crippen LogP contribution in [-0.4, -0.2) is 44.3 Å². The molecule has 5 nitrogen and oxygen atoms in total. The summed E-state index contributed by atoms with van der Waals surface area (Å²) in [6.45, 7) is 0.685. The van der Waals surface area contributed by atoms with Crippen LogP contribution in [0.2, 0.25) is 0 Å². The quantitative estimate of drug-likeness (QED) is 0.846. The molecule has 0 bridgehead atoms. The second-order valence-electron chi connectivity index (χ2n) is 5.68. The van der Waals surface area contributed by atoms with E-state index in [2.05, 4.69) is 0 Å². The molecule has 7 heteroatoms. The molecule has 1 saturated carbocycles. The van der Waals surface area contributed by atoms with Crippen LogP contribution in [0, 0.1) is 11.7 Å². The maximum Gasteiger partial charge on any atom is 0.243 e. The molecule has 0 radical (unpaired) electrons. The van der Waals surface area contributed by atoms with Gasteiger partial charge >= 0.3 is 0 Å². The van der Waals surface area contributed by atoms with Gasteiger partial charge in [-0.15, -0.1) is 0 Å². The van der Waals surface area contributed by atoms with E-state index in [-0.39, 0.29) is 36.4 Å². The molecule has 0 N–H and O–H groups in total. The fraction of sp³-hybridized carbons (Fsp3) is 0.533. The molecular weight excluding hydrogens is 309 g/mol. The average Bonchev–Trinajstić information content (AvgIpc) is 2.93. The zero-order chi connectivity index (χ0) is 15.7. The third-order valence-corrected chi connectivity index (χ3v) is 6.25. The number of ketones is 1. The summed E-state index contributed by atoms with van der Waals surface area (Å²) in [6, 6.07) is 4.48. The molecule has 1 heterocycles. The van der Waals surface area contributed by atoms with E-state index in [1.807, 2.05) is 0 Å². The smallest absolute Gasteiger partial charge is 0.243 e. The zero-order valence-electron chi connectivity index (χ0n) is 12.1. The van der Waals surface area contributed by atoms with Crippen LogP contribution in [0.5, 0.6) is 0 Å². The number of benzene rings is 1. The SMILES string of the molecule is O=C1CCC[C@@H]1[C@@H]1COCCN1S(=O)(=O)c1cccc(F)c1. The number of morpholine rings is 1. The minimum Gasteiger partial charge on any atom is -0.378 e. The Morgan fingerprint density at radius 2 is 2.14 bits per heavy atom. The molecule has 2 aliphatic rings. The Morgan fingerprint density at radius 1 is 1.32 bits per heavy atom. The fourth-order valence-corrected chi connectivity index (χ4v) is 4.90. The second-order valence-corrected chi connectivity index (χ2v) is 7.57. The van der Waals surface area contributed by atoms with E-state index in [0.29, 0.717) is 12.8 Å². The lowest BCUT2D eigenvalue weighted by molar-refractivity contribution is -0.123. The third-order valence-electron chi connectivity index (χ3n) is 4.33. The first-order chi connectivity index (χ1) is 10.5. The highest BCUT2D eigenvalue weighted by Gasteiger charge is 2.42. The van der Waals surface area contributed by atoms with E-state index in [0.717, 1.165) is 12.5 Å². The average molecular weight is 327 g/mol. The van der Waals surface area contributed by atoms with Gasteiger partial charge in [0.25, 0.3) is 0 Å². The van der Waals surface area contributed by atoms with E-state index < -0.39 is 21.9 Å². The number of carbonyl (C=O) groups excluding carboxylic acids is 1. The van der Waals surface area contributed by atoms with Crippen molar-refractivity contribution in [3.8, 4) is 0 Å². The topological polar surface area (TPSA) is 63.7 Å². The van der Waals surface area contributed by atoms with Crippen molar-refractivity contribution < 1.29 is 22.3 Å². The van der Waals surface area contributed by atoms with Gasteiger partial charge in [-0.05, 0) is 31.0 Å². The van der Waals surface area contributed by atoms with E-state index in [9.17, 15) is 17.6 Å². The van der Waals surface area contributed by atoms with Gasteiger partial charge in [-0.1, -0.05) is 6.07 Å². The van der Waals surface area contributed by atoms with Gasteiger partial charge in [0.05, 0.1) is 24.2 Å². The number of Topliss-reactive ketones (excluding diaryl/α,β-unsaturated/α-hetero) is 1. The van der Waals surface area contributed by atoms with E-state index in [1.165, 1.54) is 22.5 Å². The molecule has 0 amide bonds.